The Hall–Kier alpha value is -0.670. The van der Waals surface area contributed by atoms with Crippen LogP contribution in [0.3, 0.4) is 0 Å². The van der Waals surface area contributed by atoms with Crippen molar-refractivity contribution in [1.82, 2.24) is 5.32 Å². The molecule has 0 fully saturated rings. The molecular weight excluding hydrogens is 206 g/mol. The zero-order valence-electron chi connectivity index (χ0n) is 9.36. The fourth-order valence-corrected chi connectivity index (χ4v) is 2.19. The smallest absolute Gasteiger partial charge is 0.120 e. The topological polar surface area (TPSA) is 32.3 Å². The molecule has 84 valence electrons. The van der Waals surface area contributed by atoms with Crippen molar-refractivity contribution >= 4 is 11.8 Å². The Balaban J connectivity index is 2.45. The van der Waals surface area contributed by atoms with Gasteiger partial charge in [-0.15, -0.1) is 0 Å². The van der Waals surface area contributed by atoms with Gasteiger partial charge < -0.3 is 10.4 Å². The van der Waals surface area contributed by atoms with E-state index in [1.54, 1.807) is 6.07 Å². The van der Waals surface area contributed by atoms with E-state index in [1.807, 2.05) is 30.0 Å². The standard InChI is InChI=1S/C12H19NOS/c1-3-11(9-15-2)13-8-10-6-4-5-7-12(10)14/h4-7,11,13-14H,3,8-9H2,1-2H3. The second kappa shape index (κ2) is 6.75. The lowest BCUT2D eigenvalue weighted by molar-refractivity contribution is 0.458. The van der Waals surface area contributed by atoms with Gasteiger partial charge in [0.25, 0.3) is 0 Å². The Kier molecular flexibility index (Phi) is 5.58. The minimum Gasteiger partial charge on any atom is -0.508 e. The number of thioether (sulfide) groups is 1. The first-order valence-electron chi connectivity index (χ1n) is 5.27. The van der Waals surface area contributed by atoms with Crippen molar-refractivity contribution in [2.75, 3.05) is 12.0 Å². The van der Waals surface area contributed by atoms with Crippen molar-refractivity contribution in [3.63, 3.8) is 0 Å². The summed E-state index contributed by atoms with van der Waals surface area (Å²) >= 11 is 1.85. The van der Waals surface area contributed by atoms with E-state index in [0.29, 0.717) is 11.8 Å². The largest absolute Gasteiger partial charge is 0.508 e. The van der Waals surface area contributed by atoms with Crippen LogP contribution in [0.15, 0.2) is 24.3 Å². The SMILES string of the molecule is CCC(CSC)NCc1ccccc1O. The first kappa shape index (κ1) is 12.4. The van der Waals surface area contributed by atoms with Gasteiger partial charge in [0.1, 0.15) is 5.75 Å². The van der Waals surface area contributed by atoms with Crippen molar-refractivity contribution in [1.29, 1.82) is 0 Å². The van der Waals surface area contributed by atoms with Crippen molar-refractivity contribution in [2.45, 2.75) is 25.9 Å². The molecule has 0 aliphatic carbocycles. The monoisotopic (exact) mass is 225 g/mol. The minimum atomic E-state index is 0.379. The molecule has 3 heteroatoms. The molecule has 0 saturated heterocycles. The molecule has 0 aliphatic rings. The number of hydrogen-bond acceptors (Lipinski definition) is 3. The van der Waals surface area contributed by atoms with E-state index in [2.05, 4.69) is 18.5 Å². The fraction of sp³-hybridized carbons (Fsp3) is 0.500. The van der Waals surface area contributed by atoms with E-state index in [1.165, 1.54) is 0 Å². The highest BCUT2D eigenvalue weighted by molar-refractivity contribution is 7.98. The van der Waals surface area contributed by atoms with Gasteiger partial charge in [0, 0.05) is 23.9 Å². The third-order valence-electron chi connectivity index (χ3n) is 2.43. The summed E-state index contributed by atoms with van der Waals surface area (Å²) in [5.41, 5.74) is 0.969. The second-order valence-electron chi connectivity index (χ2n) is 3.57. The molecule has 0 bridgehead atoms. The molecule has 0 radical (unpaired) electrons. The van der Waals surface area contributed by atoms with E-state index in [0.717, 1.165) is 24.3 Å². The summed E-state index contributed by atoms with van der Waals surface area (Å²) in [6, 6.07) is 8.00. The molecule has 2 N–H and O–H groups in total. The van der Waals surface area contributed by atoms with Gasteiger partial charge in [-0.25, -0.2) is 0 Å². The lowest BCUT2D eigenvalue weighted by Crippen LogP contribution is -2.30. The van der Waals surface area contributed by atoms with Gasteiger partial charge in [-0.05, 0) is 18.7 Å². The highest BCUT2D eigenvalue weighted by atomic mass is 32.2. The zero-order chi connectivity index (χ0) is 11.1. The van der Waals surface area contributed by atoms with Gasteiger partial charge in [-0.1, -0.05) is 25.1 Å². The van der Waals surface area contributed by atoms with Crippen LogP contribution in [0, 0.1) is 0 Å². The number of benzene rings is 1. The van der Waals surface area contributed by atoms with Crippen LogP contribution in [-0.2, 0) is 6.54 Å². The maximum Gasteiger partial charge on any atom is 0.120 e. The van der Waals surface area contributed by atoms with Crippen LogP contribution in [0.25, 0.3) is 0 Å². The molecule has 1 aromatic carbocycles. The summed E-state index contributed by atoms with van der Waals surface area (Å²) in [6.07, 6.45) is 3.23. The summed E-state index contributed by atoms with van der Waals surface area (Å²) in [6.45, 7) is 2.92. The Morgan fingerprint density at radius 1 is 1.40 bits per heavy atom. The molecule has 1 unspecified atom stereocenters. The van der Waals surface area contributed by atoms with Gasteiger partial charge >= 0.3 is 0 Å². The summed E-state index contributed by atoms with van der Waals surface area (Å²) in [7, 11) is 0. The minimum absolute atomic E-state index is 0.379. The average Bonchev–Trinajstić information content (AvgIpc) is 2.26. The van der Waals surface area contributed by atoms with E-state index >= 15 is 0 Å². The van der Waals surface area contributed by atoms with Gasteiger partial charge in [-0.3, -0.25) is 0 Å². The molecule has 1 rings (SSSR count). The van der Waals surface area contributed by atoms with Crippen LogP contribution >= 0.6 is 11.8 Å². The normalized spacial score (nSPS) is 12.7. The third kappa shape index (κ3) is 4.14. The van der Waals surface area contributed by atoms with Crippen molar-refractivity contribution < 1.29 is 5.11 Å². The molecule has 0 aromatic heterocycles. The first-order chi connectivity index (χ1) is 7.27. The quantitative estimate of drug-likeness (QED) is 0.780. The number of hydrogen-bond donors (Lipinski definition) is 2. The number of phenols is 1. The molecule has 1 aromatic rings. The number of nitrogens with one attached hydrogen (secondary N) is 1. The van der Waals surface area contributed by atoms with E-state index in [-0.39, 0.29) is 0 Å². The molecule has 0 aliphatic heterocycles. The number of para-hydroxylation sites is 1. The Bertz CT molecular complexity index is 291. The second-order valence-corrected chi connectivity index (χ2v) is 4.48. The number of aromatic hydroxyl groups is 1. The lowest BCUT2D eigenvalue weighted by Gasteiger charge is -2.16. The lowest BCUT2D eigenvalue weighted by atomic mass is 10.2. The predicted octanol–water partition coefficient (Wildman–Crippen LogP) is 2.62. The van der Waals surface area contributed by atoms with Crippen LogP contribution in [0.5, 0.6) is 5.75 Å². The molecule has 0 heterocycles. The average molecular weight is 225 g/mol. The van der Waals surface area contributed by atoms with Crippen LogP contribution in [0.1, 0.15) is 18.9 Å². The Morgan fingerprint density at radius 2 is 2.13 bits per heavy atom. The maximum absolute atomic E-state index is 9.58. The molecule has 15 heavy (non-hydrogen) atoms. The van der Waals surface area contributed by atoms with Crippen molar-refractivity contribution in [3.05, 3.63) is 29.8 Å². The van der Waals surface area contributed by atoms with Crippen LogP contribution in [0.4, 0.5) is 0 Å². The summed E-state index contributed by atoms with van der Waals surface area (Å²) in [4.78, 5) is 0. The predicted molar refractivity (Wildman–Crippen MR) is 67.4 cm³/mol. The van der Waals surface area contributed by atoms with E-state index in [4.69, 9.17) is 0 Å². The van der Waals surface area contributed by atoms with Crippen LogP contribution in [0.2, 0.25) is 0 Å². The Labute approximate surface area is 96.1 Å². The maximum atomic E-state index is 9.58. The van der Waals surface area contributed by atoms with Gasteiger partial charge in [-0.2, -0.15) is 11.8 Å². The zero-order valence-corrected chi connectivity index (χ0v) is 10.2. The Morgan fingerprint density at radius 3 is 2.73 bits per heavy atom. The van der Waals surface area contributed by atoms with Gasteiger partial charge in [0.15, 0.2) is 0 Å². The van der Waals surface area contributed by atoms with Crippen LogP contribution in [-0.4, -0.2) is 23.2 Å². The van der Waals surface area contributed by atoms with Gasteiger partial charge in [0.2, 0.25) is 0 Å². The van der Waals surface area contributed by atoms with Crippen molar-refractivity contribution in [3.8, 4) is 5.75 Å². The van der Waals surface area contributed by atoms with Crippen molar-refractivity contribution in [2.24, 2.45) is 0 Å². The highest BCUT2D eigenvalue weighted by Gasteiger charge is 2.05. The fourth-order valence-electron chi connectivity index (χ4n) is 1.44. The first-order valence-corrected chi connectivity index (χ1v) is 6.66. The highest BCUT2D eigenvalue weighted by Crippen LogP contribution is 2.15. The van der Waals surface area contributed by atoms with E-state index < -0.39 is 0 Å². The summed E-state index contributed by atoms with van der Waals surface area (Å²) in [5.74, 6) is 1.49. The number of phenolic OH excluding ortho intramolecular Hbond substituents is 1. The van der Waals surface area contributed by atoms with Crippen LogP contribution < -0.4 is 5.32 Å². The molecule has 2 nitrogen and oxygen atoms in total. The number of rotatable bonds is 6. The molecular formula is C12H19NOS. The van der Waals surface area contributed by atoms with Gasteiger partial charge in [0.05, 0.1) is 0 Å². The summed E-state index contributed by atoms with van der Waals surface area (Å²) in [5, 5.41) is 13.0. The van der Waals surface area contributed by atoms with E-state index in [9.17, 15) is 5.11 Å². The molecule has 0 saturated carbocycles. The molecule has 1 atom stereocenters. The molecule has 0 spiro atoms. The molecule has 0 amide bonds. The third-order valence-corrected chi connectivity index (χ3v) is 3.17. The summed E-state index contributed by atoms with van der Waals surface area (Å²) < 4.78 is 0.